The van der Waals surface area contributed by atoms with Crippen molar-refractivity contribution in [2.24, 2.45) is 5.14 Å². The van der Waals surface area contributed by atoms with Crippen molar-refractivity contribution in [3.8, 4) is 11.5 Å². The van der Waals surface area contributed by atoms with Gasteiger partial charge in [-0.15, -0.1) is 0 Å². The molecular weight excluding hydrogens is 244 g/mol. The lowest BCUT2D eigenvalue weighted by Crippen LogP contribution is -2.22. The third-order valence-corrected chi connectivity index (χ3v) is 2.44. The first-order valence-electron chi connectivity index (χ1n) is 4.66. The zero-order valence-electron chi connectivity index (χ0n) is 8.91. The van der Waals surface area contributed by atoms with Gasteiger partial charge in [-0.25, -0.2) is 5.14 Å². The zero-order chi connectivity index (χ0) is 12.5. The van der Waals surface area contributed by atoms with E-state index in [-0.39, 0.29) is 5.89 Å². The minimum atomic E-state index is -3.84. The second-order valence-corrected chi connectivity index (χ2v) is 4.63. The third kappa shape index (κ3) is 2.80. The molecule has 1 aromatic carbocycles. The topological polar surface area (TPSA) is 111 Å². The van der Waals surface area contributed by atoms with E-state index in [0.29, 0.717) is 17.1 Å². The van der Waals surface area contributed by atoms with Crippen LogP contribution in [0.1, 0.15) is 5.82 Å². The highest BCUT2D eigenvalue weighted by molar-refractivity contribution is 7.90. The fourth-order valence-electron chi connectivity index (χ4n) is 1.32. The number of nitrogens with one attached hydrogen (secondary N) is 1. The maximum absolute atomic E-state index is 11.0. The number of aryl methyl sites for hydroxylation is 1. The molecule has 1 heterocycles. The lowest BCUT2D eigenvalue weighted by Gasteiger charge is -2.06. The van der Waals surface area contributed by atoms with E-state index in [1.807, 2.05) is 0 Å². The van der Waals surface area contributed by atoms with Crippen LogP contribution in [0.2, 0.25) is 0 Å². The van der Waals surface area contributed by atoms with Crippen LogP contribution < -0.4 is 9.86 Å². The highest BCUT2D eigenvalue weighted by atomic mass is 32.2. The summed E-state index contributed by atoms with van der Waals surface area (Å²) in [5.74, 6) is 0.694. The zero-order valence-corrected chi connectivity index (χ0v) is 9.73. The molecule has 0 saturated carbocycles. The Morgan fingerprint density at radius 3 is 2.65 bits per heavy atom. The number of aromatic nitrogens is 2. The average molecular weight is 254 g/mol. The van der Waals surface area contributed by atoms with E-state index in [1.165, 1.54) is 0 Å². The van der Waals surface area contributed by atoms with E-state index in [2.05, 4.69) is 14.9 Å². The normalized spacial score (nSPS) is 11.4. The van der Waals surface area contributed by atoms with Crippen molar-refractivity contribution in [1.82, 2.24) is 10.1 Å². The summed E-state index contributed by atoms with van der Waals surface area (Å²) < 4.78 is 29.1. The molecule has 7 nitrogen and oxygen atoms in total. The molecule has 0 bridgehead atoms. The molecule has 0 atom stereocenters. The van der Waals surface area contributed by atoms with Gasteiger partial charge in [0.05, 0.1) is 11.3 Å². The maximum atomic E-state index is 11.0. The number of anilines is 1. The van der Waals surface area contributed by atoms with Gasteiger partial charge in [0.15, 0.2) is 5.82 Å². The number of para-hydroxylation sites is 1. The molecule has 0 spiro atoms. The Morgan fingerprint density at radius 1 is 1.35 bits per heavy atom. The molecule has 0 aliphatic carbocycles. The van der Waals surface area contributed by atoms with Crippen molar-refractivity contribution >= 4 is 15.9 Å². The van der Waals surface area contributed by atoms with Crippen LogP contribution in [-0.4, -0.2) is 18.6 Å². The van der Waals surface area contributed by atoms with Crippen molar-refractivity contribution in [1.29, 1.82) is 0 Å². The lowest BCUT2D eigenvalue weighted by atomic mass is 10.2. The molecule has 0 saturated heterocycles. The van der Waals surface area contributed by atoms with Crippen molar-refractivity contribution in [2.45, 2.75) is 6.92 Å². The second kappa shape index (κ2) is 4.15. The van der Waals surface area contributed by atoms with Gasteiger partial charge in [0.2, 0.25) is 0 Å². The van der Waals surface area contributed by atoms with Crippen molar-refractivity contribution in [2.75, 3.05) is 4.72 Å². The van der Waals surface area contributed by atoms with Crippen LogP contribution >= 0.6 is 0 Å². The van der Waals surface area contributed by atoms with Gasteiger partial charge >= 0.3 is 0 Å². The fraction of sp³-hybridized carbons (Fsp3) is 0.111. The first kappa shape index (κ1) is 11.6. The van der Waals surface area contributed by atoms with Gasteiger partial charge in [-0.3, -0.25) is 4.72 Å². The van der Waals surface area contributed by atoms with Gasteiger partial charge in [0, 0.05) is 0 Å². The van der Waals surface area contributed by atoms with Crippen molar-refractivity contribution in [3.05, 3.63) is 30.1 Å². The fourth-order valence-corrected chi connectivity index (χ4v) is 1.80. The van der Waals surface area contributed by atoms with Crippen LogP contribution in [0.5, 0.6) is 0 Å². The first-order chi connectivity index (χ1) is 7.96. The molecule has 0 fully saturated rings. The summed E-state index contributed by atoms with van der Waals surface area (Å²) in [5, 5.41) is 8.55. The predicted molar refractivity (Wildman–Crippen MR) is 61.2 cm³/mol. The Bertz CT molecular complexity index is 635. The van der Waals surface area contributed by atoms with Crippen LogP contribution in [0, 0.1) is 6.92 Å². The Labute approximate surface area is 97.8 Å². The van der Waals surface area contributed by atoms with E-state index in [0.717, 1.165) is 0 Å². The second-order valence-electron chi connectivity index (χ2n) is 3.34. The summed E-state index contributed by atoms with van der Waals surface area (Å²) in [6, 6.07) is 6.60. The molecule has 90 valence electrons. The lowest BCUT2D eigenvalue weighted by molar-refractivity contribution is 0.426. The number of hydrogen-bond acceptors (Lipinski definition) is 5. The summed E-state index contributed by atoms with van der Waals surface area (Å²) in [7, 11) is -3.84. The molecule has 17 heavy (non-hydrogen) atoms. The standard InChI is InChI=1S/C9H10N4O3S/c1-6-11-9(16-12-6)7-4-2-3-5-8(7)13-17(10,14)15/h2-5,13H,1H3,(H2,10,14,15). The largest absolute Gasteiger partial charge is 0.334 e. The predicted octanol–water partition coefficient (Wildman–Crippen LogP) is 0.660. The molecule has 0 radical (unpaired) electrons. The molecule has 2 aromatic rings. The minimum absolute atomic E-state index is 0.231. The third-order valence-electron chi connectivity index (χ3n) is 1.94. The van der Waals surface area contributed by atoms with Gasteiger partial charge < -0.3 is 4.52 Å². The number of benzene rings is 1. The van der Waals surface area contributed by atoms with Gasteiger partial charge in [-0.05, 0) is 19.1 Å². The monoisotopic (exact) mass is 254 g/mol. The van der Waals surface area contributed by atoms with Gasteiger partial charge in [0.25, 0.3) is 16.1 Å². The highest BCUT2D eigenvalue weighted by Crippen LogP contribution is 2.26. The van der Waals surface area contributed by atoms with Gasteiger partial charge in [-0.1, -0.05) is 17.3 Å². The molecule has 0 amide bonds. The van der Waals surface area contributed by atoms with Crippen molar-refractivity contribution in [3.63, 3.8) is 0 Å². The van der Waals surface area contributed by atoms with Crippen LogP contribution in [0.25, 0.3) is 11.5 Å². The van der Waals surface area contributed by atoms with Crippen molar-refractivity contribution < 1.29 is 12.9 Å². The van der Waals surface area contributed by atoms with Crippen LogP contribution in [0.4, 0.5) is 5.69 Å². The number of hydrogen-bond donors (Lipinski definition) is 2. The van der Waals surface area contributed by atoms with Crippen LogP contribution in [0.3, 0.4) is 0 Å². The number of nitrogens with zero attached hydrogens (tertiary/aromatic N) is 2. The average Bonchev–Trinajstić information content (AvgIpc) is 2.63. The molecule has 0 unspecified atom stereocenters. The molecule has 2 rings (SSSR count). The van der Waals surface area contributed by atoms with E-state index in [1.54, 1.807) is 31.2 Å². The Hall–Kier alpha value is -1.93. The Morgan fingerprint density at radius 2 is 2.06 bits per heavy atom. The summed E-state index contributed by atoms with van der Waals surface area (Å²) in [6.45, 7) is 1.67. The Kier molecular flexibility index (Phi) is 2.82. The molecule has 1 aromatic heterocycles. The van der Waals surface area contributed by atoms with E-state index >= 15 is 0 Å². The summed E-state index contributed by atoms with van der Waals surface area (Å²) >= 11 is 0. The smallest absolute Gasteiger partial charge is 0.296 e. The van der Waals surface area contributed by atoms with Crippen LogP contribution in [-0.2, 0) is 10.2 Å². The summed E-state index contributed by atoms with van der Waals surface area (Å²) in [4.78, 5) is 4.02. The van der Waals surface area contributed by atoms with E-state index < -0.39 is 10.2 Å². The van der Waals surface area contributed by atoms with E-state index in [9.17, 15) is 8.42 Å². The maximum Gasteiger partial charge on any atom is 0.296 e. The number of nitrogens with two attached hydrogens (primary N) is 1. The molecule has 0 aliphatic heterocycles. The SMILES string of the molecule is Cc1noc(-c2ccccc2NS(N)(=O)=O)n1. The molecule has 0 aliphatic rings. The quantitative estimate of drug-likeness (QED) is 0.835. The minimum Gasteiger partial charge on any atom is -0.334 e. The molecular formula is C9H10N4O3S. The van der Waals surface area contributed by atoms with Crippen LogP contribution in [0.15, 0.2) is 28.8 Å². The first-order valence-corrected chi connectivity index (χ1v) is 6.20. The summed E-state index contributed by atoms with van der Waals surface area (Å²) in [5.41, 5.74) is 0.765. The van der Waals surface area contributed by atoms with E-state index in [4.69, 9.17) is 9.66 Å². The highest BCUT2D eigenvalue weighted by Gasteiger charge is 2.13. The van der Waals surface area contributed by atoms with Gasteiger partial charge in [0.1, 0.15) is 0 Å². The Balaban J connectivity index is 2.48. The number of rotatable bonds is 3. The molecule has 3 N–H and O–H groups in total. The summed E-state index contributed by atoms with van der Waals surface area (Å²) in [6.07, 6.45) is 0. The molecule has 8 heteroatoms. The van der Waals surface area contributed by atoms with Gasteiger partial charge in [-0.2, -0.15) is 13.4 Å².